The van der Waals surface area contributed by atoms with Gasteiger partial charge < -0.3 is 19.4 Å². The first-order valence-electron chi connectivity index (χ1n) is 9.53. The van der Waals surface area contributed by atoms with Crippen molar-refractivity contribution in [3.8, 4) is 0 Å². The zero-order chi connectivity index (χ0) is 19.7. The Morgan fingerprint density at radius 1 is 1.29 bits per heavy atom. The second-order valence-electron chi connectivity index (χ2n) is 7.17. The van der Waals surface area contributed by atoms with Gasteiger partial charge in [0.25, 0.3) is 0 Å². The molecule has 0 atom stereocenters. The SMILES string of the molecule is COC1=c2[nH]c(NC(=O)N3CCC(OC)CC3)nc2=C(c2cnn(C)c2)CC1. The Bertz CT molecular complexity index is 984. The number of likely N-dealkylation sites (tertiary alicyclic amines) is 1. The maximum absolute atomic E-state index is 12.6. The first-order chi connectivity index (χ1) is 13.6. The third-order valence-corrected chi connectivity index (χ3v) is 5.46. The molecule has 1 saturated heterocycles. The van der Waals surface area contributed by atoms with Crippen molar-refractivity contribution in [1.82, 2.24) is 24.6 Å². The van der Waals surface area contributed by atoms with Crippen LogP contribution in [0.2, 0.25) is 0 Å². The van der Waals surface area contributed by atoms with Gasteiger partial charge in [0, 0.05) is 45.4 Å². The summed E-state index contributed by atoms with van der Waals surface area (Å²) >= 11 is 0. The van der Waals surface area contributed by atoms with Crippen molar-refractivity contribution in [1.29, 1.82) is 0 Å². The van der Waals surface area contributed by atoms with E-state index in [0.29, 0.717) is 19.0 Å². The average Bonchev–Trinajstić information content (AvgIpc) is 3.33. The Morgan fingerprint density at radius 3 is 2.71 bits per heavy atom. The molecule has 150 valence electrons. The topological polar surface area (TPSA) is 97.3 Å². The highest BCUT2D eigenvalue weighted by Crippen LogP contribution is 2.21. The summed E-state index contributed by atoms with van der Waals surface area (Å²) in [4.78, 5) is 22.3. The van der Waals surface area contributed by atoms with Crippen LogP contribution < -0.4 is 16.0 Å². The summed E-state index contributed by atoms with van der Waals surface area (Å²) in [5.74, 6) is 1.28. The van der Waals surface area contributed by atoms with Crippen LogP contribution in [0.15, 0.2) is 12.4 Å². The summed E-state index contributed by atoms with van der Waals surface area (Å²) in [6, 6.07) is -0.150. The highest BCUT2D eigenvalue weighted by molar-refractivity contribution is 5.87. The molecule has 2 aliphatic rings. The number of nitrogens with zero attached hydrogens (tertiary/aromatic N) is 4. The largest absolute Gasteiger partial charge is 0.499 e. The highest BCUT2D eigenvalue weighted by atomic mass is 16.5. The van der Waals surface area contributed by atoms with Gasteiger partial charge in [-0.05, 0) is 24.8 Å². The van der Waals surface area contributed by atoms with E-state index in [1.54, 1.807) is 23.8 Å². The first-order valence-corrected chi connectivity index (χ1v) is 9.53. The molecule has 3 heterocycles. The number of imidazole rings is 1. The summed E-state index contributed by atoms with van der Waals surface area (Å²) < 4.78 is 12.7. The summed E-state index contributed by atoms with van der Waals surface area (Å²) in [6.45, 7) is 1.35. The number of ether oxygens (including phenoxy) is 2. The van der Waals surface area contributed by atoms with Crippen LogP contribution in [0.1, 0.15) is 31.2 Å². The second kappa shape index (κ2) is 7.67. The van der Waals surface area contributed by atoms with E-state index in [9.17, 15) is 4.79 Å². The second-order valence-corrected chi connectivity index (χ2v) is 7.17. The lowest BCUT2D eigenvalue weighted by molar-refractivity contribution is 0.0521. The number of urea groups is 1. The number of hydrogen-bond acceptors (Lipinski definition) is 5. The molecule has 0 radical (unpaired) electrons. The van der Waals surface area contributed by atoms with Gasteiger partial charge in [-0.2, -0.15) is 5.10 Å². The van der Waals surface area contributed by atoms with Crippen molar-refractivity contribution in [2.24, 2.45) is 7.05 Å². The van der Waals surface area contributed by atoms with E-state index >= 15 is 0 Å². The third kappa shape index (κ3) is 3.49. The molecule has 1 aliphatic carbocycles. The molecule has 0 spiro atoms. The molecule has 2 aromatic rings. The van der Waals surface area contributed by atoms with Gasteiger partial charge >= 0.3 is 6.03 Å². The normalized spacial score (nSPS) is 17.6. The molecule has 4 rings (SSSR count). The molecular formula is C19H26N6O3. The number of aromatic amines is 1. The van der Waals surface area contributed by atoms with Crippen molar-refractivity contribution >= 4 is 23.3 Å². The van der Waals surface area contributed by atoms with Crippen LogP contribution >= 0.6 is 0 Å². The minimum Gasteiger partial charge on any atom is -0.499 e. The van der Waals surface area contributed by atoms with Crippen LogP contribution in [0.3, 0.4) is 0 Å². The minimum absolute atomic E-state index is 0.150. The fraction of sp³-hybridized carbons (Fsp3) is 0.526. The molecule has 9 nitrogen and oxygen atoms in total. The van der Waals surface area contributed by atoms with E-state index in [4.69, 9.17) is 9.47 Å². The molecule has 28 heavy (non-hydrogen) atoms. The van der Waals surface area contributed by atoms with Crippen LogP contribution in [0, 0.1) is 0 Å². The number of nitrogens with one attached hydrogen (secondary N) is 2. The molecular weight excluding hydrogens is 360 g/mol. The Morgan fingerprint density at radius 2 is 2.07 bits per heavy atom. The number of H-pyrrole nitrogens is 1. The summed E-state index contributed by atoms with van der Waals surface area (Å²) in [6.07, 6.45) is 7.32. The van der Waals surface area contributed by atoms with Crippen LogP contribution in [0.5, 0.6) is 0 Å². The lowest BCUT2D eigenvalue weighted by atomic mass is 9.99. The van der Waals surface area contributed by atoms with Crippen LogP contribution in [0.25, 0.3) is 11.3 Å². The number of carbonyl (C=O) groups is 1. The Kier molecular flexibility index (Phi) is 5.08. The molecule has 2 aromatic heterocycles. The van der Waals surface area contributed by atoms with Gasteiger partial charge in [0.15, 0.2) is 0 Å². The van der Waals surface area contributed by atoms with Crippen molar-refractivity contribution in [2.45, 2.75) is 31.8 Å². The lowest BCUT2D eigenvalue weighted by Crippen LogP contribution is -2.43. The molecule has 9 heteroatoms. The zero-order valence-electron chi connectivity index (χ0n) is 16.5. The summed E-state index contributed by atoms with van der Waals surface area (Å²) in [5, 5.41) is 8.80. The van der Waals surface area contributed by atoms with E-state index < -0.39 is 0 Å². The van der Waals surface area contributed by atoms with E-state index in [0.717, 1.165) is 53.3 Å². The quantitative estimate of drug-likeness (QED) is 0.799. The number of fused-ring (bicyclic) bond motifs is 1. The number of anilines is 1. The van der Waals surface area contributed by atoms with Gasteiger partial charge in [-0.25, -0.2) is 9.78 Å². The standard InChI is InChI=1S/C19H26N6O3/c1-24-11-12(10-20-24)14-4-5-15(28-3)17-16(14)21-18(22-17)23-19(26)25-8-6-13(27-2)7-9-25/h10-11,13H,4-9H2,1-3H3,(H2,21,22,23,26). The van der Waals surface area contributed by atoms with Gasteiger partial charge in [0.2, 0.25) is 5.95 Å². The van der Waals surface area contributed by atoms with Gasteiger partial charge in [-0.1, -0.05) is 0 Å². The maximum Gasteiger partial charge on any atom is 0.324 e. The van der Waals surface area contributed by atoms with Crippen molar-refractivity contribution < 1.29 is 14.3 Å². The Labute approximate surface area is 163 Å². The van der Waals surface area contributed by atoms with Crippen molar-refractivity contribution in [3.05, 3.63) is 28.7 Å². The summed E-state index contributed by atoms with van der Waals surface area (Å²) in [5.41, 5.74) is 2.13. The molecule has 0 bridgehead atoms. The van der Waals surface area contributed by atoms with E-state index in [-0.39, 0.29) is 12.1 Å². The van der Waals surface area contributed by atoms with Crippen molar-refractivity contribution in [2.75, 3.05) is 32.6 Å². The number of carbonyl (C=O) groups excluding carboxylic acids is 1. The minimum atomic E-state index is -0.150. The van der Waals surface area contributed by atoms with Crippen LogP contribution in [0.4, 0.5) is 10.7 Å². The molecule has 2 N–H and O–H groups in total. The van der Waals surface area contributed by atoms with Gasteiger partial charge in [0.05, 0.1) is 24.8 Å². The molecule has 0 unspecified atom stereocenters. The molecule has 1 aliphatic heterocycles. The van der Waals surface area contributed by atoms with Crippen LogP contribution in [-0.4, -0.2) is 64.1 Å². The smallest absolute Gasteiger partial charge is 0.324 e. The van der Waals surface area contributed by atoms with Gasteiger partial charge in [-0.15, -0.1) is 0 Å². The number of rotatable bonds is 4. The molecule has 1 fully saturated rings. The van der Waals surface area contributed by atoms with Crippen LogP contribution in [-0.2, 0) is 16.5 Å². The lowest BCUT2D eigenvalue weighted by Gasteiger charge is -2.30. The van der Waals surface area contributed by atoms with Gasteiger partial charge in [0.1, 0.15) is 11.1 Å². The fourth-order valence-corrected chi connectivity index (χ4v) is 3.87. The Hall–Kier alpha value is -2.81. The predicted octanol–water partition coefficient (Wildman–Crippen LogP) is 0.533. The van der Waals surface area contributed by atoms with E-state index in [1.165, 1.54) is 0 Å². The molecule has 0 aromatic carbocycles. The third-order valence-electron chi connectivity index (χ3n) is 5.46. The Balaban J connectivity index is 1.62. The first kappa shape index (κ1) is 18.5. The van der Waals surface area contributed by atoms with E-state index in [1.807, 2.05) is 19.4 Å². The zero-order valence-corrected chi connectivity index (χ0v) is 16.5. The van der Waals surface area contributed by atoms with Gasteiger partial charge in [-0.3, -0.25) is 10.00 Å². The number of aryl methyl sites for hydroxylation is 1. The fourth-order valence-electron chi connectivity index (χ4n) is 3.87. The maximum atomic E-state index is 12.6. The number of amides is 2. The molecule has 2 amide bonds. The number of aromatic nitrogens is 4. The monoisotopic (exact) mass is 386 g/mol. The summed E-state index contributed by atoms with van der Waals surface area (Å²) in [7, 11) is 5.27. The molecule has 0 saturated carbocycles. The van der Waals surface area contributed by atoms with Crippen molar-refractivity contribution in [3.63, 3.8) is 0 Å². The number of hydrogen-bond donors (Lipinski definition) is 2. The highest BCUT2D eigenvalue weighted by Gasteiger charge is 2.24. The predicted molar refractivity (Wildman–Crippen MR) is 104 cm³/mol. The number of piperidine rings is 1. The number of methoxy groups -OCH3 is 2. The van der Waals surface area contributed by atoms with E-state index in [2.05, 4.69) is 20.4 Å². The average molecular weight is 386 g/mol.